The fraction of sp³-hybridized carbons (Fsp3) is 1.00. The Morgan fingerprint density at radius 3 is 1.17 bits per heavy atom. The van der Waals surface area contributed by atoms with E-state index in [-0.39, 0.29) is 34.3 Å². The van der Waals surface area contributed by atoms with Gasteiger partial charge in [0.05, 0.1) is 0 Å². The first-order valence-corrected chi connectivity index (χ1v) is 1.91. The molecule has 0 nitrogen and oxygen atoms in total. The van der Waals surface area contributed by atoms with Crippen LogP contribution in [0, 0.1) is 0 Å². The first-order valence-electron chi connectivity index (χ1n) is 1.91. The summed E-state index contributed by atoms with van der Waals surface area (Å²) in [6.45, 7) is 4.36. The van der Waals surface area contributed by atoms with Gasteiger partial charge in [-0.25, -0.2) is 0 Å². The summed E-state index contributed by atoms with van der Waals surface area (Å²) in [6.07, 6.45) is 2.64. The second-order valence-corrected chi connectivity index (χ2v) is 1.000. The fourth-order valence-electron chi connectivity index (χ4n) is 0. The molecule has 0 bridgehead atoms. The van der Waals surface area contributed by atoms with Crippen LogP contribution in [0.5, 0.6) is 0 Å². The molecule has 0 atom stereocenters. The molecule has 0 heterocycles. The number of unbranched alkanes of at least 4 members (excludes halogenated alkanes) is 1. The molecule has 0 amide bonds. The summed E-state index contributed by atoms with van der Waals surface area (Å²) in [7, 11) is 0. The largest absolute Gasteiger partial charge is 0.187 e. The zero-order valence-corrected chi connectivity index (χ0v) is 5.54. The van der Waals surface area contributed by atoms with E-state index in [1.807, 2.05) is 0 Å². The van der Waals surface area contributed by atoms with Crippen molar-refractivity contribution in [2.24, 2.45) is 0 Å². The third kappa shape index (κ3) is 19.9. The summed E-state index contributed by atoms with van der Waals surface area (Å²) in [5, 5.41) is 0. The molecule has 6 heavy (non-hydrogen) atoms. The quantitative estimate of drug-likeness (QED) is 0.517. The zero-order chi connectivity index (χ0) is 3.41. The van der Waals surface area contributed by atoms with Crippen molar-refractivity contribution in [3.63, 3.8) is 0 Å². The van der Waals surface area contributed by atoms with Crippen molar-refractivity contribution >= 4 is 34.3 Å². The van der Waals surface area contributed by atoms with E-state index in [2.05, 4.69) is 13.8 Å². The maximum Gasteiger partial charge on any atom is 0.187 e. The average molecular weight is 169 g/mol. The van der Waals surface area contributed by atoms with Crippen LogP contribution in [0.15, 0.2) is 0 Å². The molecule has 0 aliphatic heterocycles. The Balaban J connectivity index is -0.0000000450. The van der Waals surface area contributed by atoms with Gasteiger partial charge in [0, 0.05) is 0 Å². The van der Waals surface area contributed by atoms with E-state index < -0.39 is 0 Å². The zero-order valence-electron chi connectivity index (χ0n) is 3.82. The first kappa shape index (κ1) is 15.7. The number of hydrogen-bond acceptors (Lipinski definition) is 0. The Labute approximate surface area is 61.2 Å². The van der Waals surface area contributed by atoms with Crippen LogP contribution in [-0.4, -0.2) is 17.4 Å². The summed E-state index contributed by atoms with van der Waals surface area (Å²) in [6, 6.07) is 0. The van der Waals surface area contributed by atoms with E-state index >= 15 is 0 Å². The highest BCUT2D eigenvalue weighted by Gasteiger charge is 1.56. The molecule has 0 N–H and O–H groups in total. The monoisotopic (exact) mass is 168 g/mol. The molecule has 0 spiro atoms. The molecule has 0 aromatic carbocycles. The smallest absolute Gasteiger partial charge is 0.114 e. The molecule has 0 aliphatic rings. The third-order valence-electron chi connectivity index (χ3n) is 0.500. The summed E-state index contributed by atoms with van der Waals surface area (Å²) in [4.78, 5) is 0. The van der Waals surface area contributed by atoms with E-state index in [1.165, 1.54) is 12.8 Å². The molecular formula is C4H14AlBr. The minimum Gasteiger partial charge on any atom is -0.114 e. The molecule has 0 radical (unpaired) electrons. The third-order valence-corrected chi connectivity index (χ3v) is 0.500. The van der Waals surface area contributed by atoms with Crippen LogP contribution in [0.25, 0.3) is 0 Å². The summed E-state index contributed by atoms with van der Waals surface area (Å²) in [5.41, 5.74) is 0. The topological polar surface area (TPSA) is 0 Å². The van der Waals surface area contributed by atoms with E-state index in [9.17, 15) is 0 Å². The van der Waals surface area contributed by atoms with Gasteiger partial charge in [-0.05, 0) is 0 Å². The summed E-state index contributed by atoms with van der Waals surface area (Å²) in [5.74, 6) is 0. The van der Waals surface area contributed by atoms with Crippen LogP contribution >= 0.6 is 17.0 Å². The lowest BCUT2D eigenvalue weighted by Gasteiger charge is -1.68. The molecule has 0 unspecified atom stereocenters. The standard InChI is InChI=1S/C4H10.Al.BrH.3H/c1-3-4-2;;;;;/h3-4H2,1-2H3;;1H;;;. The van der Waals surface area contributed by atoms with E-state index in [0.717, 1.165) is 0 Å². The van der Waals surface area contributed by atoms with Gasteiger partial charge in [-0.3, -0.25) is 0 Å². The second-order valence-electron chi connectivity index (χ2n) is 1.000. The fourth-order valence-corrected chi connectivity index (χ4v) is 0. The van der Waals surface area contributed by atoms with Gasteiger partial charge in [-0.15, -0.1) is 17.0 Å². The molecule has 40 valence electrons. The first-order chi connectivity index (χ1) is 1.91. The van der Waals surface area contributed by atoms with Crippen molar-refractivity contribution in [1.29, 1.82) is 0 Å². The Kier molecular flexibility index (Phi) is 43.7. The van der Waals surface area contributed by atoms with Gasteiger partial charge in [-0.1, -0.05) is 26.7 Å². The number of hydrogen-bond donors (Lipinski definition) is 0. The van der Waals surface area contributed by atoms with Crippen LogP contribution < -0.4 is 0 Å². The van der Waals surface area contributed by atoms with Crippen molar-refractivity contribution in [3.8, 4) is 0 Å². The highest BCUT2D eigenvalue weighted by atomic mass is 79.9. The molecule has 2 heteroatoms. The van der Waals surface area contributed by atoms with Crippen molar-refractivity contribution in [1.82, 2.24) is 0 Å². The van der Waals surface area contributed by atoms with Gasteiger partial charge >= 0.3 is 0 Å². The van der Waals surface area contributed by atoms with Gasteiger partial charge in [0.2, 0.25) is 0 Å². The molecule has 0 saturated carbocycles. The van der Waals surface area contributed by atoms with Gasteiger partial charge in [0.1, 0.15) is 0 Å². The van der Waals surface area contributed by atoms with Gasteiger partial charge in [0.25, 0.3) is 0 Å². The molecule has 0 fully saturated rings. The molecule has 0 aromatic rings. The molecule has 0 saturated heterocycles. The number of halogens is 1. The Hall–Kier alpha value is 1.01. The van der Waals surface area contributed by atoms with E-state index in [0.29, 0.717) is 0 Å². The van der Waals surface area contributed by atoms with Crippen molar-refractivity contribution in [3.05, 3.63) is 0 Å². The Morgan fingerprint density at radius 2 is 1.17 bits per heavy atom. The number of rotatable bonds is 1. The van der Waals surface area contributed by atoms with Crippen molar-refractivity contribution in [2.75, 3.05) is 0 Å². The van der Waals surface area contributed by atoms with Crippen molar-refractivity contribution in [2.45, 2.75) is 26.7 Å². The van der Waals surface area contributed by atoms with Crippen LogP contribution in [0.3, 0.4) is 0 Å². The van der Waals surface area contributed by atoms with Gasteiger partial charge in [0.15, 0.2) is 17.4 Å². The molecule has 0 rings (SSSR count). The Bertz CT molecular complexity index is 9.51. The summed E-state index contributed by atoms with van der Waals surface area (Å²) >= 11 is 0. The van der Waals surface area contributed by atoms with Gasteiger partial charge in [-0.2, -0.15) is 0 Å². The molecule has 0 aromatic heterocycles. The van der Waals surface area contributed by atoms with Crippen LogP contribution in [0.4, 0.5) is 0 Å². The molecular weight excluding hydrogens is 155 g/mol. The van der Waals surface area contributed by atoms with Crippen LogP contribution in [0.1, 0.15) is 26.7 Å². The Morgan fingerprint density at radius 1 is 1.00 bits per heavy atom. The van der Waals surface area contributed by atoms with Crippen LogP contribution in [-0.2, 0) is 0 Å². The SMILES string of the molecule is Br.CCCC.[AlH3]. The lowest BCUT2D eigenvalue weighted by molar-refractivity contribution is 0.886. The minimum atomic E-state index is 0. The maximum atomic E-state index is 2.18. The average Bonchev–Trinajstić information content (AvgIpc) is 1.37. The maximum absolute atomic E-state index is 2.18. The molecule has 0 aliphatic carbocycles. The minimum absolute atomic E-state index is 0. The predicted molar refractivity (Wildman–Crippen MR) is 40.8 cm³/mol. The lowest BCUT2D eigenvalue weighted by Crippen LogP contribution is -1.47. The normalized spacial score (nSPS) is 5.00. The highest BCUT2D eigenvalue weighted by molar-refractivity contribution is 8.93. The van der Waals surface area contributed by atoms with E-state index in [4.69, 9.17) is 0 Å². The highest BCUT2D eigenvalue weighted by Crippen LogP contribution is 1.76. The van der Waals surface area contributed by atoms with Crippen LogP contribution in [0.2, 0.25) is 0 Å². The summed E-state index contributed by atoms with van der Waals surface area (Å²) < 4.78 is 0. The van der Waals surface area contributed by atoms with Crippen molar-refractivity contribution < 1.29 is 0 Å². The second kappa shape index (κ2) is 16.6. The lowest BCUT2D eigenvalue weighted by atomic mass is 10.4. The predicted octanol–water partition coefficient (Wildman–Crippen LogP) is 1.20. The van der Waals surface area contributed by atoms with E-state index in [1.54, 1.807) is 0 Å². The van der Waals surface area contributed by atoms with Gasteiger partial charge < -0.3 is 0 Å².